The first-order valence-electron chi connectivity index (χ1n) is 12.7. The summed E-state index contributed by atoms with van der Waals surface area (Å²) in [6.45, 7) is 8.07. The maximum Gasteiger partial charge on any atom is 0.136 e. The predicted molar refractivity (Wildman–Crippen MR) is 123 cm³/mol. The van der Waals surface area contributed by atoms with E-state index < -0.39 is 30.5 Å². The molecule has 0 aromatic rings. The largest absolute Gasteiger partial charge is 0.390 e. The van der Waals surface area contributed by atoms with Gasteiger partial charge in [0.1, 0.15) is 5.78 Å². The van der Waals surface area contributed by atoms with Gasteiger partial charge in [-0.15, -0.1) is 0 Å². The molecule has 0 aromatic heterocycles. The minimum absolute atomic E-state index is 0.0285. The van der Waals surface area contributed by atoms with Gasteiger partial charge in [0.25, 0.3) is 0 Å². The molecule has 4 saturated carbocycles. The van der Waals surface area contributed by atoms with Crippen molar-refractivity contribution in [3.63, 3.8) is 0 Å². The van der Waals surface area contributed by atoms with E-state index in [-0.39, 0.29) is 40.3 Å². The van der Waals surface area contributed by atoms with Crippen molar-refractivity contribution < 1.29 is 25.2 Å². The molecule has 0 bridgehead atoms. The number of aliphatic hydroxyl groups excluding tert-OH is 4. The van der Waals surface area contributed by atoms with Crippen LogP contribution >= 0.6 is 0 Å². The Hall–Kier alpha value is -1.18. The number of hydrogen-bond donors (Lipinski definition) is 4. The molecule has 0 aromatic carbocycles. The van der Waals surface area contributed by atoms with Gasteiger partial charge in [-0.05, 0) is 84.5 Å². The Labute approximate surface area is 196 Å². The minimum atomic E-state index is -1.11. The van der Waals surface area contributed by atoms with Gasteiger partial charge in [-0.1, -0.05) is 32.8 Å². The van der Waals surface area contributed by atoms with Gasteiger partial charge in [-0.3, -0.25) is 4.79 Å². The van der Waals surface area contributed by atoms with Gasteiger partial charge in [0.15, 0.2) is 0 Å². The van der Waals surface area contributed by atoms with E-state index in [0.29, 0.717) is 31.1 Å². The molecule has 0 radical (unpaired) electrons. The summed E-state index contributed by atoms with van der Waals surface area (Å²) in [6, 6.07) is -0.700. The van der Waals surface area contributed by atoms with Crippen molar-refractivity contribution >= 4 is 5.78 Å². The van der Waals surface area contributed by atoms with Gasteiger partial charge in [0.2, 0.25) is 0 Å². The second-order valence-electron chi connectivity index (χ2n) is 12.2. The highest BCUT2D eigenvalue weighted by Gasteiger charge is 2.63. The molecule has 33 heavy (non-hydrogen) atoms. The summed E-state index contributed by atoms with van der Waals surface area (Å²) in [7, 11) is 0. The highest BCUT2D eigenvalue weighted by molar-refractivity contribution is 5.83. The molecule has 8 heteroatoms. The number of carbonyl (C=O) groups is 1. The Morgan fingerprint density at radius 1 is 1.03 bits per heavy atom. The number of aliphatic hydroxyl groups is 4. The number of carbonyl (C=O) groups excluding carboxylic acids is 1. The van der Waals surface area contributed by atoms with Crippen LogP contribution in [0, 0.1) is 46.3 Å². The lowest BCUT2D eigenvalue weighted by molar-refractivity contribution is -0.174. The zero-order valence-electron chi connectivity index (χ0n) is 20.3. The Kier molecular flexibility index (Phi) is 6.64. The summed E-state index contributed by atoms with van der Waals surface area (Å²) < 4.78 is 0. The van der Waals surface area contributed by atoms with Crippen LogP contribution in [0.3, 0.4) is 0 Å². The molecule has 0 unspecified atom stereocenters. The third kappa shape index (κ3) is 3.82. The van der Waals surface area contributed by atoms with Crippen LogP contribution in [0.25, 0.3) is 10.4 Å². The van der Waals surface area contributed by atoms with Crippen molar-refractivity contribution in [2.75, 3.05) is 0 Å². The van der Waals surface area contributed by atoms with Crippen molar-refractivity contribution in [3.05, 3.63) is 10.4 Å². The Morgan fingerprint density at radius 2 is 1.70 bits per heavy atom. The first kappa shape index (κ1) is 24.9. The second-order valence-corrected chi connectivity index (χ2v) is 12.2. The lowest BCUT2D eigenvalue weighted by atomic mass is 9.44. The zero-order chi connectivity index (χ0) is 24.3. The molecule has 4 fully saturated rings. The molecule has 13 atom stereocenters. The number of rotatable bonds is 5. The quantitative estimate of drug-likeness (QED) is 0.281. The molecule has 186 valence electrons. The highest BCUT2D eigenvalue weighted by Crippen LogP contribution is 2.67. The van der Waals surface area contributed by atoms with Crippen molar-refractivity contribution in [2.45, 2.75) is 103 Å². The first-order valence-corrected chi connectivity index (χ1v) is 12.7. The fraction of sp³-hybridized carbons (Fsp3) is 0.960. The normalized spacial score (nSPS) is 48.5. The monoisotopic (exact) mass is 463 g/mol. The van der Waals surface area contributed by atoms with Crippen LogP contribution < -0.4 is 0 Å². The van der Waals surface area contributed by atoms with E-state index in [9.17, 15) is 25.2 Å². The molecule has 4 N–H and O–H groups in total. The topological polar surface area (TPSA) is 147 Å². The van der Waals surface area contributed by atoms with Gasteiger partial charge < -0.3 is 20.4 Å². The smallest absolute Gasteiger partial charge is 0.136 e. The molecule has 0 aliphatic heterocycles. The molecule has 8 nitrogen and oxygen atoms in total. The van der Waals surface area contributed by atoms with Crippen LogP contribution in [0.5, 0.6) is 0 Å². The summed E-state index contributed by atoms with van der Waals surface area (Å²) in [5, 5.41) is 45.8. The molecular weight excluding hydrogens is 422 g/mol. The molecule has 0 saturated heterocycles. The maximum absolute atomic E-state index is 13.3. The van der Waals surface area contributed by atoms with Crippen LogP contribution in [0.2, 0.25) is 0 Å². The molecule has 0 heterocycles. The predicted octanol–water partition coefficient (Wildman–Crippen LogP) is 3.21. The zero-order valence-corrected chi connectivity index (χ0v) is 20.3. The van der Waals surface area contributed by atoms with Gasteiger partial charge >= 0.3 is 0 Å². The van der Waals surface area contributed by atoms with Crippen LogP contribution in [0.4, 0.5) is 0 Å². The maximum atomic E-state index is 13.3. The van der Waals surface area contributed by atoms with E-state index in [2.05, 4.69) is 23.9 Å². The van der Waals surface area contributed by atoms with Crippen molar-refractivity contribution in [1.82, 2.24) is 0 Å². The standard InChI is InChI=1S/C25H41N3O5/c1-12(22(32)23(33)13(2)27-28-26)15-5-6-16-14-9-19(29)18-10-20(30)21(31)11-25(18,4)17(14)7-8-24(15,16)3/h12-18,20-23,30-33H,5-11H2,1-4H3/t12-,13+,14-,15+,16-,17-,18+,20-,21+,22+,23+,24+,25+/m0/s1. The Balaban J connectivity index is 1.56. The van der Waals surface area contributed by atoms with E-state index >= 15 is 0 Å². The summed E-state index contributed by atoms with van der Waals surface area (Å²) in [5.41, 5.74) is 8.38. The van der Waals surface area contributed by atoms with Crippen molar-refractivity contribution in [3.8, 4) is 0 Å². The second kappa shape index (κ2) is 8.80. The molecule has 4 aliphatic carbocycles. The van der Waals surface area contributed by atoms with Gasteiger partial charge in [-0.2, -0.15) is 0 Å². The van der Waals surface area contributed by atoms with E-state index in [1.165, 1.54) is 0 Å². The van der Waals surface area contributed by atoms with E-state index in [4.69, 9.17) is 5.53 Å². The van der Waals surface area contributed by atoms with Crippen LogP contribution in [0.15, 0.2) is 5.11 Å². The summed E-state index contributed by atoms with van der Waals surface area (Å²) >= 11 is 0. The van der Waals surface area contributed by atoms with E-state index in [1.807, 2.05) is 6.92 Å². The third-order valence-electron chi connectivity index (χ3n) is 10.8. The van der Waals surface area contributed by atoms with Gasteiger partial charge in [-0.25, -0.2) is 0 Å². The van der Waals surface area contributed by atoms with E-state index in [0.717, 1.165) is 25.7 Å². The SMILES string of the molecule is C[C@H]([C@@H](O)[C@H](O)[C@@H](C)N=[N+]=[N-])[C@H]1CC[C@H]2[C@@H]3CC(=O)[C@H]4C[C@H](O)[C@H](O)C[C@]4(C)[C@H]3CC[C@]12C. The summed E-state index contributed by atoms with van der Waals surface area (Å²) in [4.78, 5) is 16.0. The molecular formula is C25H41N3O5. The molecule has 0 spiro atoms. The lowest BCUT2D eigenvalue weighted by Gasteiger charge is -2.61. The lowest BCUT2D eigenvalue weighted by Crippen LogP contribution is -2.59. The van der Waals surface area contributed by atoms with Crippen molar-refractivity contribution in [2.24, 2.45) is 51.5 Å². The average molecular weight is 464 g/mol. The fourth-order valence-electron chi connectivity index (χ4n) is 8.96. The van der Waals surface area contributed by atoms with Gasteiger partial charge in [0.05, 0.1) is 30.5 Å². The number of hydrogen-bond acceptors (Lipinski definition) is 6. The van der Waals surface area contributed by atoms with E-state index in [1.54, 1.807) is 6.92 Å². The van der Waals surface area contributed by atoms with Crippen LogP contribution in [-0.4, -0.2) is 56.7 Å². The molecule has 0 amide bonds. The van der Waals surface area contributed by atoms with Crippen molar-refractivity contribution in [1.29, 1.82) is 0 Å². The molecule has 4 rings (SSSR count). The number of nitrogens with zero attached hydrogens (tertiary/aromatic N) is 3. The Bertz CT molecular complexity index is 818. The fourth-order valence-corrected chi connectivity index (χ4v) is 8.96. The molecule has 4 aliphatic rings. The minimum Gasteiger partial charge on any atom is -0.390 e. The summed E-state index contributed by atoms with van der Waals surface area (Å²) in [6.07, 6.45) is 1.67. The first-order chi connectivity index (χ1) is 15.5. The number of ketones is 1. The van der Waals surface area contributed by atoms with Crippen LogP contribution in [-0.2, 0) is 4.79 Å². The van der Waals surface area contributed by atoms with Gasteiger partial charge in [0, 0.05) is 17.3 Å². The Morgan fingerprint density at radius 3 is 2.36 bits per heavy atom. The number of fused-ring (bicyclic) bond motifs is 5. The summed E-state index contributed by atoms with van der Waals surface area (Å²) in [5.74, 6) is 1.12. The third-order valence-corrected chi connectivity index (χ3v) is 10.8. The number of azide groups is 1. The van der Waals surface area contributed by atoms with Crippen LogP contribution in [0.1, 0.15) is 72.6 Å². The average Bonchev–Trinajstić information content (AvgIpc) is 3.11. The number of Topliss-reactive ketones (excluding diaryl/α,β-unsaturated/α-hetero) is 1. The highest BCUT2D eigenvalue weighted by atomic mass is 16.3.